The predicted molar refractivity (Wildman–Crippen MR) is 67.5 cm³/mol. The maximum absolute atomic E-state index is 11.6. The molecule has 0 heterocycles. The van der Waals surface area contributed by atoms with Crippen molar-refractivity contribution in [1.82, 2.24) is 0 Å². The van der Waals surface area contributed by atoms with Crippen molar-refractivity contribution in [3.05, 3.63) is 28.8 Å². The number of aryl methyl sites for hydroxylation is 3. The predicted octanol–water partition coefficient (Wildman–Crippen LogP) is 2.29. The highest BCUT2D eigenvalue weighted by Crippen LogP contribution is 2.20. The van der Waals surface area contributed by atoms with E-state index in [1.165, 1.54) is 11.1 Å². The topological polar surface area (TPSA) is 55.1 Å². The fourth-order valence-corrected chi connectivity index (χ4v) is 1.59. The Morgan fingerprint density at radius 2 is 1.81 bits per heavy atom. The molecule has 1 aromatic carbocycles. The Morgan fingerprint density at radius 1 is 1.25 bits per heavy atom. The monoisotopic (exact) mass is 220 g/mol. The van der Waals surface area contributed by atoms with E-state index in [0.29, 0.717) is 6.42 Å². The first-order valence-electron chi connectivity index (χ1n) is 5.53. The van der Waals surface area contributed by atoms with Crippen LogP contribution in [0.2, 0.25) is 0 Å². The van der Waals surface area contributed by atoms with Gasteiger partial charge in [-0.2, -0.15) is 0 Å². The summed E-state index contributed by atoms with van der Waals surface area (Å²) in [6.07, 6.45) is 0.354. The molecule has 16 heavy (non-hydrogen) atoms. The molecule has 0 saturated heterocycles. The number of amides is 1. The second-order valence-corrected chi connectivity index (χ2v) is 4.48. The maximum Gasteiger partial charge on any atom is 0.225 e. The standard InChI is InChI=1S/C13H20N2O/c1-8-5-10(3)12(6-9(8)2)15-13(16)7-11(4)14/h5-6,11H,7,14H2,1-4H3,(H,15,16). The average molecular weight is 220 g/mol. The third-order valence-corrected chi connectivity index (χ3v) is 2.62. The molecule has 0 radical (unpaired) electrons. The molecular formula is C13H20N2O. The number of hydrogen-bond acceptors (Lipinski definition) is 2. The maximum atomic E-state index is 11.6. The molecule has 3 nitrogen and oxygen atoms in total. The van der Waals surface area contributed by atoms with Crippen LogP contribution in [0, 0.1) is 20.8 Å². The molecule has 3 N–H and O–H groups in total. The Balaban J connectivity index is 2.81. The van der Waals surface area contributed by atoms with Gasteiger partial charge in [0.25, 0.3) is 0 Å². The second kappa shape index (κ2) is 5.12. The largest absolute Gasteiger partial charge is 0.327 e. The van der Waals surface area contributed by atoms with Gasteiger partial charge in [-0.1, -0.05) is 6.07 Å². The van der Waals surface area contributed by atoms with Gasteiger partial charge < -0.3 is 11.1 Å². The lowest BCUT2D eigenvalue weighted by Gasteiger charge is -2.12. The molecular weight excluding hydrogens is 200 g/mol. The smallest absolute Gasteiger partial charge is 0.225 e. The Hall–Kier alpha value is -1.35. The highest BCUT2D eigenvalue weighted by atomic mass is 16.1. The molecule has 88 valence electrons. The van der Waals surface area contributed by atoms with Crippen molar-refractivity contribution < 1.29 is 4.79 Å². The van der Waals surface area contributed by atoms with Gasteiger partial charge in [-0.15, -0.1) is 0 Å². The van der Waals surface area contributed by atoms with E-state index in [1.54, 1.807) is 0 Å². The number of hydrogen-bond donors (Lipinski definition) is 2. The molecule has 0 fully saturated rings. The first-order valence-corrected chi connectivity index (χ1v) is 5.53. The van der Waals surface area contributed by atoms with Crippen molar-refractivity contribution in [3.63, 3.8) is 0 Å². The van der Waals surface area contributed by atoms with Crippen molar-refractivity contribution in [2.75, 3.05) is 5.32 Å². The lowest BCUT2D eigenvalue weighted by molar-refractivity contribution is -0.116. The number of benzene rings is 1. The number of nitrogens with one attached hydrogen (secondary N) is 1. The molecule has 0 aliphatic carbocycles. The Labute approximate surface area is 97.0 Å². The van der Waals surface area contributed by atoms with Crippen LogP contribution >= 0.6 is 0 Å². The molecule has 0 aromatic heterocycles. The first-order chi connectivity index (χ1) is 7.40. The lowest BCUT2D eigenvalue weighted by Crippen LogP contribution is -2.24. The van der Waals surface area contributed by atoms with Gasteiger partial charge in [-0.25, -0.2) is 0 Å². The molecule has 0 bridgehead atoms. The van der Waals surface area contributed by atoms with Crippen LogP contribution in [0.25, 0.3) is 0 Å². The van der Waals surface area contributed by atoms with Crippen molar-refractivity contribution in [2.24, 2.45) is 5.73 Å². The molecule has 1 unspecified atom stereocenters. The Bertz CT molecular complexity index is 397. The number of rotatable bonds is 3. The second-order valence-electron chi connectivity index (χ2n) is 4.48. The summed E-state index contributed by atoms with van der Waals surface area (Å²) >= 11 is 0. The third-order valence-electron chi connectivity index (χ3n) is 2.62. The van der Waals surface area contributed by atoms with Crippen molar-refractivity contribution in [3.8, 4) is 0 Å². The minimum Gasteiger partial charge on any atom is -0.327 e. The van der Waals surface area contributed by atoms with E-state index in [1.807, 2.05) is 26.8 Å². The number of anilines is 1. The van der Waals surface area contributed by atoms with E-state index in [-0.39, 0.29) is 11.9 Å². The van der Waals surface area contributed by atoms with E-state index < -0.39 is 0 Å². The van der Waals surface area contributed by atoms with Crippen LogP contribution in [0.1, 0.15) is 30.0 Å². The summed E-state index contributed by atoms with van der Waals surface area (Å²) < 4.78 is 0. The SMILES string of the molecule is Cc1cc(C)c(NC(=O)CC(C)N)cc1C. The molecule has 1 amide bonds. The zero-order valence-corrected chi connectivity index (χ0v) is 10.4. The third kappa shape index (κ3) is 3.35. The lowest BCUT2D eigenvalue weighted by atomic mass is 10.0. The van der Waals surface area contributed by atoms with E-state index in [2.05, 4.69) is 18.3 Å². The normalized spacial score (nSPS) is 12.3. The van der Waals surface area contributed by atoms with Gasteiger partial charge >= 0.3 is 0 Å². The van der Waals surface area contributed by atoms with E-state index >= 15 is 0 Å². The van der Waals surface area contributed by atoms with Crippen LogP contribution in [0.15, 0.2) is 12.1 Å². The summed E-state index contributed by atoms with van der Waals surface area (Å²) in [7, 11) is 0. The summed E-state index contributed by atoms with van der Waals surface area (Å²) in [6.45, 7) is 7.92. The van der Waals surface area contributed by atoms with Gasteiger partial charge in [-0.05, 0) is 50.5 Å². The van der Waals surface area contributed by atoms with Gasteiger partial charge in [0, 0.05) is 18.2 Å². The zero-order chi connectivity index (χ0) is 12.3. The molecule has 0 aliphatic rings. The molecule has 0 aliphatic heterocycles. The van der Waals surface area contributed by atoms with Gasteiger partial charge in [0.1, 0.15) is 0 Å². The van der Waals surface area contributed by atoms with Crippen molar-refractivity contribution in [1.29, 1.82) is 0 Å². The summed E-state index contributed by atoms with van der Waals surface area (Å²) in [5, 5.41) is 2.89. The van der Waals surface area contributed by atoms with Crippen molar-refractivity contribution in [2.45, 2.75) is 40.2 Å². The van der Waals surface area contributed by atoms with E-state index in [0.717, 1.165) is 11.3 Å². The number of carbonyl (C=O) groups excluding carboxylic acids is 1. The Morgan fingerprint density at radius 3 is 2.38 bits per heavy atom. The molecule has 3 heteroatoms. The van der Waals surface area contributed by atoms with Crippen LogP contribution in [-0.4, -0.2) is 11.9 Å². The Kier molecular flexibility index (Phi) is 4.07. The summed E-state index contributed by atoms with van der Waals surface area (Å²) in [5.74, 6) is -0.0265. The quantitative estimate of drug-likeness (QED) is 0.821. The molecule has 1 atom stereocenters. The number of carbonyl (C=O) groups is 1. The van der Waals surface area contributed by atoms with Crippen LogP contribution in [0.4, 0.5) is 5.69 Å². The fraction of sp³-hybridized carbons (Fsp3) is 0.462. The fourth-order valence-electron chi connectivity index (χ4n) is 1.59. The molecule has 0 spiro atoms. The highest BCUT2D eigenvalue weighted by molar-refractivity contribution is 5.92. The van der Waals surface area contributed by atoms with Gasteiger partial charge in [0.15, 0.2) is 0 Å². The average Bonchev–Trinajstić information content (AvgIpc) is 2.12. The minimum atomic E-state index is -0.105. The summed E-state index contributed by atoms with van der Waals surface area (Å²) in [5.41, 5.74) is 9.97. The van der Waals surface area contributed by atoms with Crippen LogP contribution < -0.4 is 11.1 Å². The van der Waals surface area contributed by atoms with E-state index in [9.17, 15) is 4.79 Å². The first kappa shape index (κ1) is 12.7. The van der Waals surface area contributed by atoms with E-state index in [4.69, 9.17) is 5.73 Å². The van der Waals surface area contributed by atoms with Crippen LogP contribution in [-0.2, 0) is 4.79 Å². The number of nitrogens with two attached hydrogens (primary N) is 1. The van der Waals surface area contributed by atoms with Gasteiger partial charge in [0.2, 0.25) is 5.91 Å². The molecule has 0 saturated carbocycles. The molecule has 1 rings (SSSR count). The minimum absolute atomic E-state index is 0.0265. The highest BCUT2D eigenvalue weighted by Gasteiger charge is 2.08. The van der Waals surface area contributed by atoms with Crippen molar-refractivity contribution >= 4 is 11.6 Å². The summed E-state index contributed by atoms with van der Waals surface area (Å²) in [6, 6.07) is 3.98. The van der Waals surface area contributed by atoms with Gasteiger partial charge in [-0.3, -0.25) is 4.79 Å². The molecule has 1 aromatic rings. The van der Waals surface area contributed by atoms with Gasteiger partial charge in [0.05, 0.1) is 0 Å². The van der Waals surface area contributed by atoms with Crippen LogP contribution in [0.3, 0.4) is 0 Å². The summed E-state index contributed by atoms with van der Waals surface area (Å²) in [4.78, 5) is 11.6. The zero-order valence-electron chi connectivity index (χ0n) is 10.4. The van der Waals surface area contributed by atoms with Crippen LogP contribution in [0.5, 0.6) is 0 Å².